The fourth-order valence-electron chi connectivity index (χ4n) is 0.745. The van der Waals surface area contributed by atoms with Gasteiger partial charge in [-0.3, -0.25) is 4.79 Å². The molecule has 7 heteroatoms. The molecular weight excluding hydrogens is 236 g/mol. The molecule has 0 atom stereocenters. The SMILES string of the molecule is CN(C)C(=O)/C(Cl)=N/OC(=O)c1ccco1. The lowest BCUT2D eigenvalue weighted by atomic mass is 10.5. The second-order valence-corrected chi connectivity index (χ2v) is 3.30. The van der Waals surface area contributed by atoms with Gasteiger partial charge in [0, 0.05) is 14.1 Å². The number of oxime groups is 1. The largest absolute Gasteiger partial charge is 0.457 e. The molecule has 0 saturated heterocycles. The quantitative estimate of drug-likeness (QED) is 0.453. The summed E-state index contributed by atoms with van der Waals surface area (Å²) in [5, 5.41) is 2.74. The maximum Gasteiger partial charge on any atom is 0.400 e. The first kappa shape index (κ1) is 12.3. The minimum Gasteiger partial charge on any atom is -0.457 e. The van der Waals surface area contributed by atoms with Gasteiger partial charge in [-0.05, 0) is 12.1 Å². The van der Waals surface area contributed by atoms with E-state index < -0.39 is 17.0 Å². The molecule has 0 aromatic carbocycles. The van der Waals surface area contributed by atoms with E-state index in [0.29, 0.717) is 0 Å². The van der Waals surface area contributed by atoms with Crippen LogP contribution in [0, 0.1) is 0 Å². The average molecular weight is 245 g/mol. The average Bonchev–Trinajstić information content (AvgIpc) is 2.77. The third-order valence-corrected chi connectivity index (χ3v) is 1.74. The van der Waals surface area contributed by atoms with Gasteiger partial charge in [0.25, 0.3) is 5.91 Å². The van der Waals surface area contributed by atoms with Crippen LogP contribution in [-0.2, 0) is 9.63 Å². The first-order valence-electron chi connectivity index (χ1n) is 4.22. The number of carbonyl (C=O) groups excluding carboxylic acids is 2. The molecule has 1 aromatic rings. The molecule has 16 heavy (non-hydrogen) atoms. The summed E-state index contributed by atoms with van der Waals surface area (Å²) < 4.78 is 4.75. The Kier molecular flexibility index (Phi) is 4.07. The molecule has 0 aliphatic rings. The van der Waals surface area contributed by atoms with E-state index in [-0.39, 0.29) is 5.76 Å². The second-order valence-electron chi connectivity index (χ2n) is 2.94. The predicted molar refractivity (Wildman–Crippen MR) is 56.1 cm³/mol. The van der Waals surface area contributed by atoms with Crippen LogP contribution in [0.15, 0.2) is 28.0 Å². The molecule has 0 radical (unpaired) electrons. The van der Waals surface area contributed by atoms with Gasteiger partial charge in [-0.15, -0.1) is 0 Å². The molecule has 0 spiro atoms. The van der Waals surface area contributed by atoms with Crippen molar-refractivity contribution in [2.75, 3.05) is 14.1 Å². The third-order valence-electron chi connectivity index (χ3n) is 1.51. The minimum absolute atomic E-state index is 0.0227. The summed E-state index contributed by atoms with van der Waals surface area (Å²) in [4.78, 5) is 28.0. The minimum atomic E-state index is -0.824. The lowest BCUT2D eigenvalue weighted by Gasteiger charge is -2.06. The summed E-state index contributed by atoms with van der Waals surface area (Å²) in [5.74, 6) is -1.41. The van der Waals surface area contributed by atoms with Gasteiger partial charge in [0.15, 0.2) is 0 Å². The number of nitrogens with zero attached hydrogens (tertiary/aromatic N) is 2. The van der Waals surface area contributed by atoms with E-state index in [9.17, 15) is 9.59 Å². The Morgan fingerprint density at radius 2 is 2.19 bits per heavy atom. The zero-order chi connectivity index (χ0) is 12.1. The van der Waals surface area contributed by atoms with Crippen LogP contribution in [0.2, 0.25) is 0 Å². The first-order valence-corrected chi connectivity index (χ1v) is 4.60. The van der Waals surface area contributed by atoms with E-state index >= 15 is 0 Å². The van der Waals surface area contributed by atoms with Crippen LogP contribution >= 0.6 is 11.6 Å². The molecule has 86 valence electrons. The van der Waals surface area contributed by atoms with Crippen molar-refractivity contribution in [2.24, 2.45) is 5.16 Å². The molecule has 1 amide bonds. The number of halogens is 1. The Labute approximate surface area is 96.4 Å². The third kappa shape index (κ3) is 3.09. The maximum absolute atomic E-state index is 11.2. The molecule has 0 aliphatic carbocycles. The molecule has 0 bridgehead atoms. The van der Waals surface area contributed by atoms with E-state index in [1.165, 1.54) is 37.4 Å². The first-order chi connectivity index (χ1) is 7.52. The fraction of sp³-hybridized carbons (Fsp3) is 0.222. The Morgan fingerprint density at radius 1 is 1.50 bits per heavy atom. The smallest absolute Gasteiger partial charge is 0.400 e. The van der Waals surface area contributed by atoms with Crippen molar-refractivity contribution >= 4 is 28.6 Å². The molecule has 0 saturated carbocycles. The van der Waals surface area contributed by atoms with E-state index in [1.807, 2.05) is 0 Å². The van der Waals surface area contributed by atoms with Gasteiger partial charge < -0.3 is 14.2 Å². The molecule has 1 rings (SSSR count). The van der Waals surface area contributed by atoms with Gasteiger partial charge in [0.2, 0.25) is 10.9 Å². The molecule has 0 unspecified atom stereocenters. The number of hydrogen-bond donors (Lipinski definition) is 0. The van der Waals surface area contributed by atoms with Crippen LogP contribution in [0.25, 0.3) is 0 Å². The topological polar surface area (TPSA) is 72.1 Å². The van der Waals surface area contributed by atoms with Gasteiger partial charge in [-0.25, -0.2) is 4.79 Å². The van der Waals surface area contributed by atoms with Crippen molar-refractivity contribution in [3.05, 3.63) is 24.2 Å². The molecule has 0 fully saturated rings. The van der Waals surface area contributed by atoms with Crippen LogP contribution in [0.3, 0.4) is 0 Å². The molecule has 0 aliphatic heterocycles. The zero-order valence-corrected chi connectivity index (χ0v) is 9.39. The van der Waals surface area contributed by atoms with Crippen LogP contribution in [-0.4, -0.2) is 36.0 Å². The Morgan fingerprint density at radius 3 is 2.69 bits per heavy atom. The monoisotopic (exact) mass is 244 g/mol. The molecular formula is C9H9ClN2O4. The van der Waals surface area contributed by atoms with E-state index in [2.05, 4.69) is 9.99 Å². The van der Waals surface area contributed by atoms with E-state index in [4.69, 9.17) is 16.0 Å². The number of carbonyl (C=O) groups is 2. The molecule has 0 N–H and O–H groups in total. The second kappa shape index (κ2) is 5.32. The summed E-state index contributed by atoms with van der Waals surface area (Å²) in [6.07, 6.45) is 1.31. The van der Waals surface area contributed by atoms with Crippen molar-refractivity contribution in [2.45, 2.75) is 0 Å². The lowest BCUT2D eigenvalue weighted by molar-refractivity contribution is -0.121. The summed E-state index contributed by atoms with van der Waals surface area (Å²) in [6.45, 7) is 0. The van der Waals surface area contributed by atoms with Crippen LogP contribution in [0.4, 0.5) is 0 Å². The summed E-state index contributed by atoms with van der Waals surface area (Å²) >= 11 is 5.48. The summed E-state index contributed by atoms with van der Waals surface area (Å²) in [5.41, 5.74) is 0. The van der Waals surface area contributed by atoms with Crippen molar-refractivity contribution in [1.29, 1.82) is 0 Å². The fourth-order valence-corrected chi connectivity index (χ4v) is 0.948. The van der Waals surface area contributed by atoms with Gasteiger partial charge in [0.05, 0.1) is 6.26 Å². The van der Waals surface area contributed by atoms with Crippen LogP contribution in [0.5, 0.6) is 0 Å². The highest BCUT2D eigenvalue weighted by molar-refractivity contribution is 6.82. The summed E-state index contributed by atoms with van der Waals surface area (Å²) in [6, 6.07) is 2.92. The number of furan rings is 1. The van der Waals surface area contributed by atoms with Crippen molar-refractivity contribution in [1.82, 2.24) is 4.90 Å². The van der Waals surface area contributed by atoms with E-state index in [1.54, 1.807) is 0 Å². The van der Waals surface area contributed by atoms with Crippen molar-refractivity contribution in [3.63, 3.8) is 0 Å². The molecule has 1 heterocycles. The maximum atomic E-state index is 11.2. The Bertz CT molecular complexity index is 411. The molecule has 1 aromatic heterocycles. The van der Waals surface area contributed by atoms with Gasteiger partial charge in [-0.2, -0.15) is 0 Å². The van der Waals surface area contributed by atoms with E-state index in [0.717, 1.165) is 0 Å². The highest BCUT2D eigenvalue weighted by Crippen LogP contribution is 2.03. The Balaban J connectivity index is 2.60. The van der Waals surface area contributed by atoms with Gasteiger partial charge >= 0.3 is 5.97 Å². The highest BCUT2D eigenvalue weighted by Gasteiger charge is 2.14. The number of rotatable bonds is 3. The molecule has 6 nitrogen and oxygen atoms in total. The van der Waals surface area contributed by atoms with Crippen molar-refractivity contribution < 1.29 is 18.8 Å². The van der Waals surface area contributed by atoms with Crippen LogP contribution in [0.1, 0.15) is 10.6 Å². The standard InChI is InChI=1S/C9H9ClN2O4/c1-12(2)8(13)7(10)11-16-9(14)6-4-3-5-15-6/h3-5H,1-2H3/b11-7-. The lowest BCUT2D eigenvalue weighted by Crippen LogP contribution is -2.27. The number of hydrogen-bond acceptors (Lipinski definition) is 5. The van der Waals surface area contributed by atoms with Gasteiger partial charge in [-0.1, -0.05) is 16.8 Å². The highest BCUT2D eigenvalue weighted by atomic mass is 35.5. The van der Waals surface area contributed by atoms with Crippen molar-refractivity contribution in [3.8, 4) is 0 Å². The zero-order valence-electron chi connectivity index (χ0n) is 8.64. The summed E-state index contributed by atoms with van der Waals surface area (Å²) in [7, 11) is 2.99. The number of amides is 1. The Hall–Kier alpha value is -1.82. The predicted octanol–water partition coefficient (Wildman–Crippen LogP) is 1.08. The van der Waals surface area contributed by atoms with Gasteiger partial charge in [0.1, 0.15) is 0 Å². The van der Waals surface area contributed by atoms with Crippen LogP contribution < -0.4 is 0 Å². The normalized spacial score (nSPS) is 11.1.